The molecule has 4 rings (SSSR count). The molecule has 0 saturated carbocycles. The molecule has 3 N–H and O–H groups in total. The van der Waals surface area contributed by atoms with Gasteiger partial charge in [-0.05, 0) is 49.1 Å². The molecule has 0 fully saturated rings. The monoisotopic (exact) mass is 448 g/mol. The highest BCUT2D eigenvalue weighted by atomic mass is 16.5. The molecular formula is C26H28N2O5. The predicted molar refractivity (Wildman–Crippen MR) is 126 cm³/mol. The number of nitrogens with one attached hydrogen (secondary N) is 1. The van der Waals surface area contributed by atoms with E-state index >= 15 is 0 Å². The van der Waals surface area contributed by atoms with Gasteiger partial charge in [0.25, 0.3) is 5.56 Å². The van der Waals surface area contributed by atoms with Crippen LogP contribution in [0.4, 0.5) is 0 Å². The number of carbonyl (C=O) groups is 1. The first-order valence-corrected chi connectivity index (χ1v) is 11.1. The van der Waals surface area contributed by atoms with E-state index in [1.54, 1.807) is 13.0 Å². The summed E-state index contributed by atoms with van der Waals surface area (Å²) in [6.45, 7) is 6.79. The van der Waals surface area contributed by atoms with Crippen molar-refractivity contribution in [3.63, 3.8) is 0 Å². The van der Waals surface area contributed by atoms with Gasteiger partial charge in [0.05, 0.1) is 30.2 Å². The third-order valence-corrected chi connectivity index (χ3v) is 5.64. The van der Waals surface area contributed by atoms with Crippen LogP contribution in [0.1, 0.15) is 44.2 Å². The van der Waals surface area contributed by atoms with Crippen molar-refractivity contribution < 1.29 is 19.0 Å². The molecule has 1 aliphatic rings. The summed E-state index contributed by atoms with van der Waals surface area (Å²) in [6, 6.07) is 14.7. The largest absolute Gasteiger partial charge is 0.494 e. The van der Waals surface area contributed by atoms with Gasteiger partial charge in [-0.3, -0.25) is 4.79 Å². The van der Waals surface area contributed by atoms with Crippen LogP contribution in [-0.2, 0) is 9.53 Å². The van der Waals surface area contributed by atoms with Crippen molar-refractivity contribution in [3.05, 3.63) is 81.5 Å². The summed E-state index contributed by atoms with van der Waals surface area (Å²) in [6.07, 6.45) is 0.948. The van der Waals surface area contributed by atoms with E-state index < -0.39 is 11.9 Å². The van der Waals surface area contributed by atoms with Crippen LogP contribution >= 0.6 is 0 Å². The number of carbonyl (C=O) groups excluding carboxylic acids is 1. The number of benzene rings is 2. The van der Waals surface area contributed by atoms with Gasteiger partial charge in [0.1, 0.15) is 17.1 Å². The first kappa shape index (κ1) is 22.5. The van der Waals surface area contributed by atoms with E-state index in [0.717, 1.165) is 6.42 Å². The Hall–Kier alpha value is -3.74. The van der Waals surface area contributed by atoms with E-state index in [1.165, 1.54) is 0 Å². The maximum absolute atomic E-state index is 13.2. The van der Waals surface area contributed by atoms with E-state index in [1.807, 2.05) is 42.5 Å². The van der Waals surface area contributed by atoms with Gasteiger partial charge in [-0.1, -0.05) is 38.1 Å². The molecule has 33 heavy (non-hydrogen) atoms. The Balaban J connectivity index is 1.82. The minimum absolute atomic E-state index is 0.0704. The first-order valence-electron chi connectivity index (χ1n) is 11.1. The van der Waals surface area contributed by atoms with Gasteiger partial charge < -0.3 is 24.9 Å². The van der Waals surface area contributed by atoms with E-state index in [4.69, 9.17) is 19.9 Å². The van der Waals surface area contributed by atoms with Gasteiger partial charge in [-0.15, -0.1) is 0 Å². The number of ether oxygens (including phenoxy) is 3. The lowest BCUT2D eigenvalue weighted by Crippen LogP contribution is -2.32. The topological polar surface area (TPSA) is 104 Å². The Bertz CT molecular complexity index is 1260. The summed E-state index contributed by atoms with van der Waals surface area (Å²) in [5, 5.41) is 0.705. The molecule has 2 aromatic carbocycles. The highest BCUT2D eigenvalue weighted by Crippen LogP contribution is 2.43. The van der Waals surface area contributed by atoms with Crippen molar-refractivity contribution >= 4 is 16.9 Å². The number of H-pyrrole nitrogens is 1. The molecule has 0 spiro atoms. The molecule has 0 radical (unpaired) electrons. The number of nitrogens with two attached hydrogens (primary N) is 1. The minimum Gasteiger partial charge on any atom is -0.494 e. The predicted octanol–water partition coefficient (Wildman–Crippen LogP) is 4.21. The van der Waals surface area contributed by atoms with Crippen LogP contribution in [0.15, 0.2) is 64.8 Å². The Labute approximate surface area is 192 Å². The van der Waals surface area contributed by atoms with Gasteiger partial charge in [0, 0.05) is 5.39 Å². The third kappa shape index (κ3) is 4.44. The standard InChI is InChI=1S/C26H28N2O5/c1-4-31-26(30)22-20(16-9-11-17(12-10-16)32-14-13-15(2)3)21-23(33-24(22)27)18-7-5-6-8-19(18)28-25(21)29/h5-12,15,20H,4,13-14,27H2,1-3H3,(H,28,29)/t20-/m1/s1. The van der Waals surface area contributed by atoms with E-state index in [0.29, 0.717) is 46.1 Å². The van der Waals surface area contributed by atoms with E-state index in [2.05, 4.69) is 18.8 Å². The lowest BCUT2D eigenvalue weighted by molar-refractivity contribution is -0.139. The third-order valence-electron chi connectivity index (χ3n) is 5.64. The van der Waals surface area contributed by atoms with Gasteiger partial charge in [-0.2, -0.15) is 0 Å². The zero-order valence-electron chi connectivity index (χ0n) is 19.0. The number of para-hydroxylation sites is 1. The highest BCUT2D eigenvalue weighted by molar-refractivity contribution is 5.95. The minimum atomic E-state index is -0.745. The Kier molecular flexibility index (Phi) is 6.40. The SMILES string of the molecule is CCOC(=O)C1=C(N)Oc2c(c(=O)[nH]c3ccccc23)[C@H]1c1ccc(OCCC(C)C)cc1. The quantitative estimate of drug-likeness (QED) is 0.525. The van der Waals surface area contributed by atoms with Crippen molar-refractivity contribution in [1.29, 1.82) is 0 Å². The molecule has 1 aliphatic heterocycles. The molecular weight excluding hydrogens is 420 g/mol. The van der Waals surface area contributed by atoms with Gasteiger partial charge >= 0.3 is 5.97 Å². The Morgan fingerprint density at radius 1 is 1.15 bits per heavy atom. The fourth-order valence-electron chi connectivity index (χ4n) is 3.98. The number of hydrogen-bond acceptors (Lipinski definition) is 6. The average molecular weight is 449 g/mol. The average Bonchev–Trinajstić information content (AvgIpc) is 2.78. The molecule has 1 aromatic heterocycles. The second-order valence-corrected chi connectivity index (χ2v) is 8.38. The molecule has 0 aliphatic carbocycles. The van der Waals surface area contributed by atoms with Crippen LogP contribution in [0.2, 0.25) is 0 Å². The second-order valence-electron chi connectivity index (χ2n) is 8.38. The molecule has 0 amide bonds. The van der Waals surface area contributed by atoms with Crippen molar-refractivity contribution in [2.24, 2.45) is 11.7 Å². The molecule has 7 nitrogen and oxygen atoms in total. The molecule has 2 heterocycles. The normalized spacial score (nSPS) is 15.3. The van der Waals surface area contributed by atoms with Crippen LogP contribution in [0, 0.1) is 5.92 Å². The summed E-state index contributed by atoms with van der Waals surface area (Å²) >= 11 is 0. The molecule has 0 saturated heterocycles. The Morgan fingerprint density at radius 3 is 2.58 bits per heavy atom. The lowest BCUT2D eigenvalue weighted by Gasteiger charge is -2.28. The maximum Gasteiger partial charge on any atom is 0.340 e. The molecule has 3 aromatic rings. The van der Waals surface area contributed by atoms with E-state index in [-0.39, 0.29) is 23.6 Å². The number of aromatic amines is 1. The summed E-state index contributed by atoms with van der Waals surface area (Å²) in [7, 11) is 0. The van der Waals surface area contributed by atoms with Gasteiger partial charge in [-0.25, -0.2) is 4.79 Å². The molecule has 0 bridgehead atoms. The van der Waals surface area contributed by atoms with Crippen molar-refractivity contribution in [2.75, 3.05) is 13.2 Å². The Morgan fingerprint density at radius 2 is 1.88 bits per heavy atom. The van der Waals surface area contributed by atoms with Crippen LogP contribution in [-0.4, -0.2) is 24.2 Å². The summed E-state index contributed by atoms with van der Waals surface area (Å²) in [5.41, 5.74) is 7.66. The summed E-state index contributed by atoms with van der Waals surface area (Å²) in [4.78, 5) is 29.0. The first-order chi connectivity index (χ1) is 15.9. The van der Waals surface area contributed by atoms with Crippen LogP contribution < -0.4 is 20.8 Å². The summed E-state index contributed by atoms with van der Waals surface area (Å²) < 4.78 is 16.9. The highest BCUT2D eigenvalue weighted by Gasteiger charge is 2.38. The number of pyridine rings is 1. The van der Waals surface area contributed by atoms with Crippen molar-refractivity contribution in [2.45, 2.75) is 33.1 Å². The molecule has 0 unspecified atom stereocenters. The van der Waals surface area contributed by atoms with Crippen LogP contribution in [0.25, 0.3) is 10.9 Å². The zero-order chi connectivity index (χ0) is 23.5. The number of hydrogen-bond donors (Lipinski definition) is 2. The van der Waals surface area contributed by atoms with Crippen LogP contribution in [0.5, 0.6) is 11.5 Å². The van der Waals surface area contributed by atoms with Crippen molar-refractivity contribution in [3.8, 4) is 11.5 Å². The number of esters is 1. The fourth-order valence-corrected chi connectivity index (χ4v) is 3.98. The van der Waals surface area contributed by atoms with Gasteiger partial charge in [0.2, 0.25) is 5.88 Å². The number of aromatic nitrogens is 1. The molecule has 7 heteroatoms. The smallest absolute Gasteiger partial charge is 0.340 e. The molecule has 172 valence electrons. The number of fused-ring (bicyclic) bond motifs is 3. The number of rotatable bonds is 7. The molecule has 1 atom stereocenters. The van der Waals surface area contributed by atoms with Gasteiger partial charge in [0.15, 0.2) is 0 Å². The fraction of sp³-hybridized carbons (Fsp3) is 0.308. The summed E-state index contributed by atoms with van der Waals surface area (Å²) in [5.74, 6) is 0.181. The zero-order valence-corrected chi connectivity index (χ0v) is 19.0. The lowest BCUT2D eigenvalue weighted by atomic mass is 9.83. The van der Waals surface area contributed by atoms with Crippen molar-refractivity contribution in [1.82, 2.24) is 4.98 Å². The second kappa shape index (κ2) is 9.40. The van der Waals surface area contributed by atoms with Crippen LogP contribution in [0.3, 0.4) is 0 Å². The van der Waals surface area contributed by atoms with E-state index in [9.17, 15) is 9.59 Å². The maximum atomic E-state index is 13.2.